The summed E-state index contributed by atoms with van der Waals surface area (Å²) in [4.78, 5) is 23.9. The molecule has 6 nitrogen and oxygen atoms in total. The topological polar surface area (TPSA) is 96.7 Å². The van der Waals surface area contributed by atoms with Crippen molar-refractivity contribution < 1.29 is 4.79 Å². The fourth-order valence-corrected chi connectivity index (χ4v) is 2.86. The van der Waals surface area contributed by atoms with E-state index < -0.39 is 0 Å². The average Bonchev–Trinajstić information content (AvgIpc) is 3.04. The van der Waals surface area contributed by atoms with Gasteiger partial charge in [0.2, 0.25) is 0 Å². The highest BCUT2D eigenvalue weighted by Gasteiger charge is 2.11. The van der Waals surface area contributed by atoms with E-state index in [0.717, 1.165) is 21.9 Å². The Balaban J connectivity index is 1.78. The van der Waals surface area contributed by atoms with Crippen LogP contribution in [0, 0.1) is 6.92 Å². The largest absolute Gasteiger partial charge is 0.342 e. The fraction of sp³-hybridized carbons (Fsp3) is 0.214. The molecule has 4 N–H and O–H groups in total. The summed E-state index contributed by atoms with van der Waals surface area (Å²) >= 11 is 1.45. The lowest BCUT2D eigenvalue weighted by atomic mass is 10.2. The molecule has 21 heavy (non-hydrogen) atoms. The van der Waals surface area contributed by atoms with Crippen molar-refractivity contribution in [3.05, 3.63) is 40.1 Å². The molecule has 0 aliphatic carbocycles. The van der Waals surface area contributed by atoms with Crippen LogP contribution >= 0.6 is 11.3 Å². The highest BCUT2D eigenvalue weighted by atomic mass is 32.1. The minimum atomic E-state index is -0.217. The molecule has 2 heterocycles. The molecule has 3 aromatic rings. The van der Waals surface area contributed by atoms with Gasteiger partial charge in [-0.25, -0.2) is 9.97 Å². The predicted octanol–water partition coefficient (Wildman–Crippen LogP) is 2.08. The smallest absolute Gasteiger partial charge is 0.275 e. The molecule has 0 fully saturated rings. The van der Waals surface area contributed by atoms with E-state index in [4.69, 9.17) is 5.73 Å². The van der Waals surface area contributed by atoms with Gasteiger partial charge >= 0.3 is 0 Å². The lowest BCUT2D eigenvalue weighted by Crippen LogP contribution is -2.12. The molecule has 3 rings (SSSR count). The number of aryl methyl sites for hydroxylation is 1. The van der Waals surface area contributed by atoms with Crippen molar-refractivity contribution in [1.82, 2.24) is 15.0 Å². The number of fused-ring (bicyclic) bond motifs is 1. The van der Waals surface area contributed by atoms with Crippen LogP contribution in [0.1, 0.15) is 21.3 Å². The van der Waals surface area contributed by atoms with E-state index in [9.17, 15) is 4.79 Å². The second-order valence-corrected chi connectivity index (χ2v) is 5.62. The zero-order chi connectivity index (χ0) is 14.8. The molecule has 7 heteroatoms. The van der Waals surface area contributed by atoms with E-state index in [0.29, 0.717) is 24.3 Å². The number of H-pyrrole nitrogens is 1. The number of amides is 1. The zero-order valence-corrected chi connectivity index (χ0v) is 12.3. The molecule has 1 aromatic carbocycles. The van der Waals surface area contributed by atoms with Gasteiger partial charge in [0.15, 0.2) is 0 Å². The highest BCUT2D eigenvalue weighted by Crippen LogP contribution is 2.18. The van der Waals surface area contributed by atoms with Gasteiger partial charge in [-0.2, -0.15) is 0 Å². The van der Waals surface area contributed by atoms with Crippen molar-refractivity contribution in [2.24, 2.45) is 5.73 Å². The minimum Gasteiger partial charge on any atom is -0.342 e. The number of benzene rings is 1. The molecule has 108 valence electrons. The number of hydrogen-bond donors (Lipinski definition) is 3. The lowest BCUT2D eigenvalue weighted by molar-refractivity contribution is 0.102. The van der Waals surface area contributed by atoms with Crippen LogP contribution in [0.3, 0.4) is 0 Å². The third-order valence-electron chi connectivity index (χ3n) is 3.00. The number of nitrogens with one attached hydrogen (secondary N) is 2. The number of aromatic nitrogens is 3. The molecule has 0 atom stereocenters. The first kappa shape index (κ1) is 13.7. The van der Waals surface area contributed by atoms with Gasteiger partial charge in [-0.3, -0.25) is 4.79 Å². The summed E-state index contributed by atoms with van der Waals surface area (Å²) in [6, 6.07) is 5.56. The summed E-state index contributed by atoms with van der Waals surface area (Å²) in [5.74, 6) is 0.629. The first-order valence-corrected chi connectivity index (χ1v) is 7.46. The van der Waals surface area contributed by atoms with E-state index in [-0.39, 0.29) is 5.91 Å². The summed E-state index contributed by atoms with van der Waals surface area (Å²) in [6.07, 6.45) is 0.692. The van der Waals surface area contributed by atoms with Crippen LogP contribution in [-0.4, -0.2) is 27.4 Å². The molecule has 0 saturated heterocycles. The standard InChI is InChI=1S/C14H15N5OS/c1-8-16-10-3-2-9(6-11(10)17-8)18-14(20)12-7-21-13(19-12)4-5-15/h2-3,6-7H,4-5,15H2,1H3,(H,16,17)(H,18,20). The van der Waals surface area contributed by atoms with Gasteiger partial charge in [-0.1, -0.05) is 0 Å². The first-order valence-electron chi connectivity index (χ1n) is 6.58. The Bertz CT molecular complexity index is 792. The van der Waals surface area contributed by atoms with Gasteiger partial charge < -0.3 is 16.0 Å². The van der Waals surface area contributed by atoms with Crippen LogP contribution in [-0.2, 0) is 6.42 Å². The molecular weight excluding hydrogens is 286 g/mol. The third kappa shape index (κ3) is 2.93. The molecule has 0 bridgehead atoms. The van der Waals surface area contributed by atoms with E-state index in [1.165, 1.54) is 11.3 Å². The molecule has 0 spiro atoms. The van der Waals surface area contributed by atoms with Crippen molar-refractivity contribution in [1.29, 1.82) is 0 Å². The molecule has 0 radical (unpaired) electrons. The Morgan fingerprint density at radius 1 is 1.43 bits per heavy atom. The summed E-state index contributed by atoms with van der Waals surface area (Å²) in [6.45, 7) is 2.43. The van der Waals surface area contributed by atoms with Crippen LogP contribution in [0.25, 0.3) is 11.0 Å². The Hall–Kier alpha value is -2.25. The van der Waals surface area contributed by atoms with Gasteiger partial charge in [0.1, 0.15) is 11.5 Å². The molecule has 0 aliphatic rings. The second-order valence-electron chi connectivity index (χ2n) is 4.67. The average molecular weight is 301 g/mol. The van der Waals surface area contributed by atoms with Gasteiger partial charge in [0.05, 0.1) is 16.0 Å². The first-order chi connectivity index (χ1) is 10.2. The monoisotopic (exact) mass is 301 g/mol. The molecule has 0 unspecified atom stereocenters. The van der Waals surface area contributed by atoms with E-state index in [1.54, 1.807) is 5.38 Å². The van der Waals surface area contributed by atoms with Crippen LogP contribution in [0.5, 0.6) is 0 Å². The summed E-state index contributed by atoms with van der Waals surface area (Å²) < 4.78 is 0. The number of anilines is 1. The number of carbonyl (C=O) groups excluding carboxylic acids is 1. The summed E-state index contributed by atoms with van der Waals surface area (Å²) in [5.41, 5.74) is 8.39. The number of hydrogen-bond acceptors (Lipinski definition) is 5. The molecular formula is C14H15N5OS. The van der Waals surface area contributed by atoms with E-state index >= 15 is 0 Å². The van der Waals surface area contributed by atoms with Crippen LogP contribution in [0.4, 0.5) is 5.69 Å². The number of carbonyl (C=O) groups is 1. The number of imidazole rings is 1. The van der Waals surface area contributed by atoms with Gasteiger partial charge in [0, 0.05) is 17.5 Å². The Morgan fingerprint density at radius 3 is 3.10 bits per heavy atom. The zero-order valence-electron chi connectivity index (χ0n) is 11.5. The van der Waals surface area contributed by atoms with Gasteiger partial charge in [-0.05, 0) is 31.7 Å². The number of aromatic amines is 1. The van der Waals surface area contributed by atoms with Crippen molar-refractivity contribution in [3.63, 3.8) is 0 Å². The lowest BCUT2D eigenvalue weighted by Gasteiger charge is -2.02. The quantitative estimate of drug-likeness (QED) is 0.687. The number of thiazole rings is 1. The van der Waals surface area contributed by atoms with Gasteiger partial charge in [-0.15, -0.1) is 11.3 Å². The number of rotatable bonds is 4. The maximum Gasteiger partial charge on any atom is 0.275 e. The minimum absolute atomic E-state index is 0.217. The number of nitrogens with zero attached hydrogens (tertiary/aromatic N) is 2. The van der Waals surface area contributed by atoms with Crippen molar-refractivity contribution >= 4 is 34.0 Å². The van der Waals surface area contributed by atoms with Crippen molar-refractivity contribution in [2.45, 2.75) is 13.3 Å². The van der Waals surface area contributed by atoms with Crippen LogP contribution < -0.4 is 11.1 Å². The Morgan fingerprint density at radius 2 is 2.29 bits per heavy atom. The highest BCUT2D eigenvalue weighted by molar-refractivity contribution is 7.09. The SMILES string of the molecule is Cc1nc2ccc(NC(=O)c3csc(CCN)n3)cc2[nH]1. The summed E-state index contributed by atoms with van der Waals surface area (Å²) in [7, 11) is 0. The number of nitrogens with two attached hydrogens (primary N) is 1. The van der Waals surface area contributed by atoms with Crippen molar-refractivity contribution in [3.8, 4) is 0 Å². The molecule has 0 saturated carbocycles. The summed E-state index contributed by atoms with van der Waals surface area (Å²) in [5, 5.41) is 5.47. The third-order valence-corrected chi connectivity index (χ3v) is 3.91. The van der Waals surface area contributed by atoms with Gasteiger partial charge in [0.25, 0.3) is 5.91 Å². The second kappa shape index (κ2) is 5.63. The van der Waals surface area contributed by atoms with E-state index in [1.807, 2.05) is 25.1 Å². The van der Waals surface area contributed by atoms with Crippen LogP contribution in [0.15, 0.2) is 23.6 Å². The predicted molar refractivity (Wildman–Crippen MR) is 83.7 cm³/mol. The maximum atomic E-state index is 12.1. The molecule has 1 amide bonds. The molecule has 0 aliphatic heterocycles. The maximum absolute atomic E-state index is 12.1. The van der Waals surface area contributed by atoms with Crippen LogP contribution in [0.2, 0.25) is 0 Å². The Kier molecular flexibility index (Phi) is 3.68. The van der Waals surface area contributed by atoms with Crippen molar-refractivity contribution in [2.75, 3.05) is 11.9 Å². The fourth-order valence-electron chi connectivity index (χ4n) is 2.06. The van der Waals surface area contributed by atoms with E-state index in [2.05, 4.69) is 20.3 Å². The molecule has 2 aromatic heterocycles. The normalized spacial score (nSPS) is 11.0. The Labute approximate surface area is 125 Å².